The molecule has 1 heterocycles. The van der Waals surface area contributed by atoms with E-state index >= 15 is 0 Å². The van der Waals surface area contributed by atoms with Crippen LogP contribution in [0, 0.1) is 0 Å². The third-order valence-electron chi connectivity index (χ3n) is 2.77. The van der Waals surface area contributed by atoms with Gasteiger partial charge in [0.25, 0.3) is 0 Å². The molecular formula is C12H13Cl2N3O. The number of hydrogen-bond donors (Lipinski definition) is 1. The number of halogens is 2. The molecule has 0 aliphatic carbocycles. The summed E-state index contributed by atoms with van der Waals surface area (Å²) < 4.78 is 5.18. The Bertz CT molecular complexity index is 546. The van der Waals surface area contributed by atoms with Gasteiger partial charge < -0.3 is 10.3 Å². The zero-order valence-corrected chi connectivity index (χ0v) is 11.6. The molecule has 0 amide bonds. The Labute approximate surface area is 115 Å². The highest BCUT2D eigenvalue weighted by Crippen LogP contribution is 2.27. The Kier molecular flexibility index (Phi) is 3.61. The van der Waals surface area contributed by atoms with E-state index in [1.165, 1.54) is 0 Å². The van der Waals surface area contributed by atoms with Gasteiger partial charge in [-0.25, -0.2) is 0 Å². The predicted molar refractivity (Wildman–Crippen MR) is 71.6 cm³/mol. The summed E-state index contributed by atoms with van der Waals surface area (Å²) in [5.41, 5.74) is 6.11. The maximum absolute atomic E-state index is 6.04. The van der Waals surface area contributed by atoms with Crippen molar-refractivity contribution in [2.75, 3.05) is 0 Å². The highest BCUT2D eigenvalue weighted by molar-refractivity contribution is 6.35. The number of benzene rings is 1. The van der Waals surface area contributed by atoms with E-state index in [0.717, 1.165) is 0 Å². The van der Waals surface area contributed by atoms with Crippen molar-refractivity contribution in [2.45, 2.75) is 25.8 Å². The van der Waals surface area contributed by atoms with Gasteiger partial charge in [0.05, 0.1) is 5.54 Å². The van der Waals surface area contributed by atoms with Crippen LogP contribution in [0.1, 0.15) is 26.2 Å². The summed E-state index contributed by atoms with van der Waals surface area (Å²) in [6, 6.07) is 5.09. The molecule has 0 aliphatic heterocycles. The summed E-state index contributed by atoms with van der Waals surface area (Å²) in [5.74, 6) is 0.829. The fraction of sp³-hybridized carbons (Fsp3) is 0.333. The fourth-order valence-electron chi connectivity index (χ4n) is 1.41. The van der Waals surface area contributed by atoms with Crippen molar-refractivity contribution in [1.82, 2.24) is 10.1 Å². The van der Waals surface area contributed by atoms with Crippen molar-refractivity contribution < 1.29 is 4.52 Å². The lowest BCUT2D eigenvalue weighted by atomic mass is 10.0. The molecule has 2 aromatic rings. The smallest absolute Gasteiger partial charge is 0.246 e. The molecule has 1 unspecified atom stereocenters. The van der Waals surface area contributed by atoms with Crippen LogP contribution in [0.15, 0.2) is 22.7 Å². The monoisotopic (exact) mass is 285 g/mol. The standard InChI is InChI=1S/C12H13Cl2N3O/c1-3-12(2,15)11-16-10(17-18-11)7-4-8(13)6-9(14)5-7/h4-6H,3,15H2,1-2H3. The molecule has 2 N–H and O–H groups in total. The molecule has 0 saturated heterocycles. The van der Waals surface area contributed by atoms with Crippen LogP contribution in [0.5, 0.6) is 0 Å². The average molecular weight is 286 g/mol. The maximum Gasteiger partial charge on any atom is 0.246 e. The summed E-state index contributed by atoms with van der Waals surface area (Å²) in [7, 11) is 0. The summed E-state index contributed by atoms with van der Waals surface area (Å²) in [6.45, 7) is 3.80. The van der Waals surface area contributed by atoms with E-state index in [2.05, 4.69) is 10.1 Å². The highest BCUT2D eigenvalue weighted by Gasteiger charge is 2.26. The zero-order valence-electron chi connectivity index (χ0n) is 10.1. The first-order chi connectivity index (χ1) is 8.42. The number of aromatic nitrogens is 2. The number of rotatable bonds is 3. The van der Waals surface area contributed by atoms with Gasteiger partial charge in [0, 0.05) is 15.6 Å². The molecule has 2 rings (SSSR count). The molecular weight excluding hydrogens is 273 g/mol. The van der Waals surface area contributed by atoms with E-state index in [4.69, 9.17) is 33.5 Å². The van der Waals surface area contributed by atoms with Crippen LogP contribution in [0.25, 0.3) is 11.4 Å². The lowest BCUT2D eigenvalue weighted by Crippen LogP contribution is -2.32. The number of nitrogens with zero attached hydrogens (tertiary/aromatic N) is 2. The van der Waals surface area contributed by atoms with E-state index in [0.29, 0.717) is 33.7 Å². The van der Waals surface area contributed by atoms with Crippen molar-refractivity contribution in [1.29, 1.82) is 0 Å². The Morgan fingerprint density at radius 3 is 2.44 bits per heavy atom. The molecule has 0 spiro atoms. The second-order valence-electron chi connectivity index (χ2n) is 4.35. The third-order valence-corrected chi connectivity index (χ3v) is 3.21. The maximum atomic E-state index is 6.04. The van der Waals surface area contributed by atoms with Gasteiger partial charge in [0.15, 0.2) is 0 Å². The molecule has 96 valence electrons. The van der Waals surface area contributed by atoms with E-state index < -0.39 is 5.54 Å². The van der Waals surface area contributed by atoms with Crippen LogP contribution in [-0.4, -0.2) is 10.1 Å². The fourth-order valence-corrected chi connectivity index (χ4v) is 1.93. The molecule has 0 radical (unpaired) electrons. The normalized spacial score (nSPS) is 14.5. The Balaban J connectivity index is 2.41. The quantitative estimate of drug-likeness (QED) is 0.935. The molecule has 18 heavy (non-hydrogen) atoms. The van der Waals surface area contributed by atoms with Gasteiger partial charge in [-0.3, -0.25) is 0 Å². The molecule has 0 saturated carbocycles. The number of nitrogens with two attached hydrogens (primary N) is 1. The molecule has 4 nitrogen and oxygen atoms in total. The molecule has 0 aliphatic rings. The molecule has 1 aromatic heterocycles. The molecule has 1 atom stereocenters. The van der Waals surface area contributed by atoms with Gasteiger partial charge in [0.1, 0.15) is 0 Å². The van der Waals surface area contributed by atoms with Crippen LogP contribution in [-0.2, 0) is 5.54 Å². The SMILES string of the molecule is CCC(C)(N)c1nc(-c2cc(Cl)cc(Cl)c2)no1. The minimum absolute atomic E-state index is 0.399. The topological polar surface area (TPSA) is 64.9 Å². The number of hydrogen-bond acceptors (Lipinski definition) is 4. The summed E-state index contributed by atoms with van der Waals surface area (Å²) in [5, 5.41) is 4.95. The van der Waals surface area contributed by atoms with E-state index in [1.54, 1.807) is 18.2 Å². The van der Waals surface area contributed by atoms with Crippen LogP contribution >= 0.6 is 23.2 Å². The Hall–Kier alpha value is -1.10. The third kappa shape index (κ3) is 2.66. The van der Waals surface area contributed by atoms with Crippen molar-refractivity contribution in [3.8, 4) is 11.4 Å². The van der Waals surface area contributed by atoms with Crippen molar-refractivity contribution in [2.24, 2.45) is 5.73 Å². The minimum atomic E-state index is -0.631. The first-order valence-electron chi connectivity index (χ1n) is 5.52. The second kappa shape index (κ2) is 4.88. The molecule has 1 aromatic carbocycles. The Morgan fingerprint density at radius 2 is 1.89 bits per heavy atom. The van der Waals surface area contributed by atoms with Gasteiger partial charge >= 0.3 is 0 Å². The van der Waals surface area contributed by atoms with Gasteiger partial charge in [-0.15, -0.1) is 0 Å². The zero-order chi connectivity index (χ0) is 13.3. The summed E-state index contributed by atoms with van der Waals surface area (Å²) >= 11 is 11.9. The first kappa shape index (κ1) is 13.3. The van der Waals surface area contributed by atoms with Gasteiger partial charge in [-0.1, -0.05) is 35.3 Å². The molecule has 0 fully saturated rings. The first-order valence-corrected chi connectivity index (χ1v) is 6.27. The largest absolute Gasteiger partial charge is 0.337 e. The Morgan fingerprint density at radius 1 is 1.28 bits per heavy atom. The van der Waals surface area contributed by atoms with Crippen LogP contribution in [0.4, 0.5) is 0 Å². The van der Waals surface area contributed by atoms with Crippen LogP contribution < -0.4 is 5.73 Å². The van der Waals surface area contributed by atoms with E-state index in [9.17, 15) is 0 Å². The average Bonchev–Trinajstić information content (AvgIpc) is 2.77. The van der Waals surface area contributed by atoms with E-state index in [-0.39, 0.29) is 0 Å². The van der Waals surface area contributed by atoms with Crippen LogP contribution in [0.2, 0.25) is 10.0 Å². The lowest BCUT2D eigenvalue weighted by molar-refractivity contribution is 0.291. The minimum Gasteiger partial charge on any atom is -0.337 e. The molecule has 6 heteroatoms. The van der Waals surface area contributed by atoms with Crippen molar-refractivity contribution in [3.63, 3.8) is 0 Å². The van der Waals surface area contributed by atoms with Gasteiger partial charge in [-0.05, 0) is 31.5 Å². The van der Waals surface area contributed by atoms with Crippen LogP contribution in [0.3, 0.4) is 0 Å². The summed E-state index contributed by atoms with van der Waals surface area (Å²) in [4.78, 5) is 4.29. The van der Waals surface area contributed by atoms with Gasteiger partial charge in [0.2, 0.25) is 11.7 Å². The van der Waals surface area contributed by atoms with E-state index in [1.807, 2.05) is 13.8 Å². The summed E-state index contributed by atoms with van der Waals surface area (Å²) in [6.07, 6.45) is 0.699. The lowest BCUT2D eigenvalue weighted by Gasteiger charge is -2.16. The second-order valence-corrected chi connectivity index (χ2v) is 5.23. The van der Waals surface area contributed by atoms with Crippen molar-refractivity contribution in [3.05, 3.63) is 34.1 Å². The highest BCUT2D eigenvalue weighted by atomic mass is 35.5. The predicted octanol–water partition coefficient (Wildman–Crippen LogP) is 3.63. The molecule has 0 bridgehead atoms. The van der Waals surface area contributed by atoms with Gasteiger partial charge in [-0.2, -0.15) is 4.98 Å². The van der Waals surface area contributed by atoms with Crippen molar-refractivity contribution >= 4 is 23.2 Å².